The summed E-state index contributed by atoms with van der Waals surface area (Å²) in [7, 11) is 2.03. The third-order valence-electron chi connectivity index (χ3n) is 3.95. The summed E-state index contributed by atoms with van der Waals surface area (Å²) in [4.78, 5) is 14.1. The van der Waals surface area contributed by atoms with Gasteiger partial charge in [-0.2, -0.15) is 0 Å². The van der Waals surface area contributed by atoms with Crippen LogP contribution < -0.4 is 10.2 Å². The number of anilines is 1. The molecule has 0 saturated carbocycles. The molecule has 2 heterocycles. The summed E-state index contributed by atoms with van der Waals surface area (Å²) in [5, 5.41) is 3.36. The number of carbonyl (C=O) groups excluding carboxylic acids is 1. The van der Waals surface area contributed by atoms with E-state index in [0.717, 1.165) is 12.2 Å². The molecule has 0 bridgehead atoms. The molecule has 1 atom stereocenters. The van der Waals surface area contributed by atoms with E-state index in [1.807, 2.05) is 20.0 Å². The van der Waals surface area contributed by atoms with Crippen LogP contribution in [-0.2, 0) is 16.0 Å². The van der Waals surface area contributed by atoms with Crippen LogP contribution in [-0.4, -0.2) is 25.7 Å². The Balaban J connectivity index is 0.00000176. The van der Waals surface area contributed by atoms with Crippen molar-refractivity contribution in [3.8, 4) is 0 Å². The number of fused-ring (bicyclic) bond motifs is 1. The summed E-state index contributed by atoms with van der Waals surface area (Å²) in [6.07, 6.45) is 5.71. The van der Waals surface area contributed by atoms with Crippen LogP contribution in [0.15, 0.2) is 47.8 Å². The van der Waals surface area contributed by atoms with Crippen LogP contribution in [0.5, 0.6) is 0 Å². The van der Waals surface area contributed by atoms with Gasteiger partial charge in [-0.1, -0.05) is 30.4 Å². The van der Waals surface area contributed by atoms with Gasteiger partial charge in [0.05, 0.1) is 6.61 Å². The second kappa shape index (κ2) is 6.88. The van der Waals surface area contributed by atoms with Gasteiger partial charge in [0.1, 0.15) is 11.9 Å². The predicted molar refractivity (Wildman–Crippen MR) is 90.1 cm³/mol. The lowest BCUT2D eigenvalue weighted by Crippen LogP contribution is -2.43. The molecular weight excluding hydrogens is 300 g/mol. The fourth-order valence-corrected chi connectivity index (χ4v) is 2.91. The summed E-state index contributed by atoms with van der Waals surface area (Å²) < 4.78 is 5.14. The highest BCUT2D eigenvalue weighted by Gasteiger charge is 2.28. The van der Waals surface area contributed by atoms with E-state index < -0.39 is 0 Å². The maximum atomic E-state index is 12.0. The van der Waals surface area contributed by atoms with Crippen molar-refractivity contribution in [2.24, 2.45) is 0 Å². The number of ether oxygens (including phenoxy) is 1. The number of hydrogen-bond donors (Lipinski definition) is 1. The first-order valence-electron chi connectivity index (χ1n) is 7.35. The Hall–Kier alpha value is -1.94. The molecular formula is C17H21ClN2O2. The van der Waals surface area contributed by atoms with E-state index in [-0.39, 0.29) is 24.4 Å². The van der Waals surface area contributed by atoms with Crippen LogP contribution in [0.4, 0.5) is 5.69 Å². The molecule has 5 heteroatoms. The highest BCUT2D eigenvalue weighted by Crippen LogP contribution is 2.32. The smallest absolute Gasteiger partial charge is 0.328 e. The van der Waals surface area contributed by atoms with Gasteiger partial charge in [-0.3, -0.25) is 0 Å². The number of benzene rings is 1. The van der Waals surface area contributed by atoms with E-state index >= 15 is 0 Å². The molecule has 2 aliphatic rings. The Morgan fingerprint density at radius 3 is 2.95 bits per heavy atom. The quantitative estimate of drug-likeness (QED) is 0.851. The minimum absolute atomic E-state index is 0. The van der Waals surface area contributed by atoms with Gasteiger partial charge >= 0.3 is 5.97 Å². The van der Waals surface area contributed by atoms with E-state index in [1.54, 1.807) is 0 Å². The molecule has 3 rings (SSSR count). The van der Waals surface area contributed by atoms with Gasteiger partial charge in [0.2, 0.25) is 0 Å². The number of allylic oxidation sites excluding steroid dienone is 2. The zero-order valence-corrected chi connectivity index (χ0v) is 13.7. The fraction of sp³-hybridized carbons (Fsp3) is 0.353. The summed E-state index contributed by atoms with van der Waals surface area (Å²) in [5.41, 5.74) is 3.70. The van der Waals surface area contributed by atoms with Crippen molar-refractivity contribution >= 4 is 24.1 Å². The topological polar surface area (TPSA) is 41.6 Å². The van der Waals surface area contributed by atoms with Gasteiger partial charge in [0.25, 0.3) is 0 Å². The Bertz CT molecular complexity index is 625. The van der Waals surface area contributed by atoms with Crippen molar-refractivity contribution in [3.63, 3.8) is 0 Å². The molecule has 0 spiro atoms. The first kappa shape index (κ1) is 16.4. The summed E-state index contributed by atoms with van der Waals surface area (Å²) in [6.45, 7) is 2.24. The Morgan fingerprint density at radius 1 is 1.41 bits per heavy atom. The largest absolute Gasteiger partial charge is 0.464 e. The SMILES string of the molecule is CCOC(=O)C1CC=CC2=C(N1)N(C)c1ccccc1C2.Cl. The molecule has 0 fully saturated rings. The highest BCUT2D eigenvalue weighted by molar-refractivity contribution is 5.85. The van der Waals surface area contributed by atoms with Gasteiger partial charge in [0.15, 0.2) is 0 Å². The van der Waals surface area contributed by atoms with E-state index in [0.29, 0.717) is 13.0 Å². The van der Waals surface area contributed by atoms with Crippen molar-refractivity contribution in [1.82, 2.24) is 5.32 Å². The van der Waals surface area contributed by atoms with Crippen molar-refractivity contribution in [2.75, 3.05) is 18.6 Å². The van der Waals surface area contributed by atoms with E-state index in [1.165, 1.54) is 16.8 Å². The molecule has 1 unspecified atom stereocenters. The molecule has 2 aliphatic heterocycles. The minimum Gasteiger partial charge on any atom is -0.464 e. The van der Waals surface area contributed by atoms with Gasteiger partial charge in [-0.05, 0) is 30.5 Å². The number of nitrogens with zero attached hydrogens (tertiary/aromatic N) is 1. The zero-order valence-electron chi connectivity index (χ0n) is 12.8. The molecule has 0 radical (unpaired) electrons. The molecule has 0 aromatic heterocycles. The fourth-order valence-electron chi connectivity index (χ4n) is 2.91. The molecule has 1 aromatic carbocycles. The molecule has 22 heavy (non-hydrogen) atoms. The first-order chi connectivity index (χ1) is 10.2. The van der Waals surface area contributed by atoms with Crippen LogP contribution in [0.2, 0.25) is 0 Å². The van der Waals surface area contributed by atoms with Gasteiger partial charge in [0, 0.05) is 19.2 Å². The van der Waals surface area contributed by atoms with Crippen LogP contribution in [0.3, 0.4) is 0 Å². The molecule has 0 amide bonds. The molecule has 0 saturated heterocycles. The van der Waals surface area contributed by atoms with Crippen LogP contribution in [0.25, 0.3) is 0 Å². The average Bonchev–Trinajstić information content (AvgIpc) is 2.70. The number of rotatable bonds is 2. The number of halogens is 1. The van der Waals surface area contributed by atoms with Crippen LogP contribution in [0.1, 0.15) is 18.9 Å². The third kappa shape index (κ3) is 2.97. The standard InChI is InChI=1S/C17H20N2O2.ClH/c1-3-21-17(20)14-9-6-8-13-11-12-7-4-5-10-15(12)19(2)16(13)18-14;/h4-8,10,14,18H,3,9,11H2,1-2H3;1H. The van der Waals surface area contributed by atoms with E-state index in [9.17, 15) is 4.79 Å². The van der Waals surface area contributed by atoms with E-state index in [2.05, 4.69) is 40.6 Å². The van der Waals surface area contributed by atoms with Gasteiger partial charge in [-0.15, -0.1) is 12.4 Å². The number of para-hydroxylation sites is 1. The number of carbonyl (C=O) groups is 1. The molecule has 0 aliphatic carbocycles. The normalized spacial score (nSPS) is 19.4. The molecule has 4 nitrogen and oxygen atoms in total. The summed E-state index contributed by atoms with van der Waals surface area (Å²) >= 11 is 0. The van der Waals surface area contributed by atoms with Gasteiger partial charge in [-0.25, -0.2) is 4.79 Å². The first-order valence-corrected chi connectivity index (χ1v) is 7.35. The number of esters is 1. The maximum Gasteiger partial charge on any atom is 0.328 e. The summed E-state index contributed by atoms with van der Waals surface area (Å²) in [5.74, 6) is 0.809. The maximum absolute atomic E-state index is 12.0. The van der Waals surface area contributed by atoms with Crippen molar-refractivity contribution < 1.29 is 9.53 Å². The van der Waals surface area contributed by atoms with Crippen molar-refractivity contribution in [2.45, 2.75) is 25.8 Å². The lowest BCUT2D eigenvalue weighted by Gasteiger charge is -2.33. The predicted octanol–water partition coefficient (Wildman–Crippen LogP) is 2.79. The van der Waals surface area contributed by atoms with Crippen molar-refractivity contribution in [3.05, 3.63) is 53.4 Å². The van der Waals surface area contributed by atoms with Crippen LogP contribution >= 0.6 is 12.4 Å². The summed E-state index contributed by atoms with van der Waals surface area (Å²) in [6, 6.07) is 8.04. The molecule has 118 valence electrons. The van der Waals surface area contributed by atoms with Gasteiger partial charge < -0.3 is 15.0 Å². The minimum atomic E-state index is -0.318. The zero-order chi connectivity index (χ0) is 14.8. The van der Waals surface area contributed by atoms with E-state index in [4.69, 9.17) is 4.74 Å². The second-order valence-corrected chi connectivity index (χ2v) is 5.33. The third-order valence-corrected chi connectivity index (χ3v) is 3.95. The Labute approximate surface area is 137 Å². The lowest BCUT2D eigenvalue weighted by atomic mass is 9.98. The highest BCUT2D eigenvalue weighted by atomic mass is 35.5. The Kier molecular flexibility index (Phi) is 5.14. The monoisotopic (exact) mass is 320 g/mol. The molecule has 1 N–H and O–H groups in total. The number of hydrogen-bond acceptors (Lipinski definition) is 4. The average molecular weight is 321 g/mol. The lowest BCUT2D eigenvalue weighted by molar-refractivity contribution is -0.145. The molecule has 1 aromatic rings. The van der Waals surface area contributed by atoms with Crippen LogP contribution in [0, 0.1) is 0 Å². The Morgan fingerprint density at radius 2 is 2.18 bits per heavy atom. The number of nitrogens with one attached hydrogen (secondary N) is 1. The second-order valence-electron chi connectivity index (χ2n) is 5.33. The van der Waals surface area contributed by atoms with Crippen molar-refractivity contribution in [1.29, 1.82) is 0 Å².